The minimum Gasteiger partial charge on any atom is -0.497 e. The zero-order valence-electron chi connectivity index (χ0n) is 45.6. The van der Waals surface area contributed by atoms with Gasteiger partial charge in [0.15, 0.2) is 0 Å². The Hall–Kier alpha value is -5.69. The zero-order chi connectivity index (χ0) is 55.7. The van der Waals surface area contributed by atoms with Crippen LogP contribution >= 0.6 is 12.4 Å². The van der Waals surface area contributed by atoms with E-state index < -0.39 is 32.6 Å². The van der Waals surface area contributed by atoms with Crippen LogP contribution in [0.5, 0.6) is 11.5 Å². The van der Waals surface area contributed by atoms with Crippen LogP contribution in [0, 0.1) is 50.4 Å². The van der Waals surface area contributed by atoms with Crippen molar-refractivity contribution in [3.05, 3.63) is 117 Å². The standard InChI is InChI=1S/C28H36N4O5S.C16H23NO6S.C12H15N3.ClH/c1-21-14-26(36-3)15-22(2)28(21)38(34,35)32-9-5-8-25(32)19-37-20-27(33)31-12-10-30(11-13-31)18-24-7-4-6-23(16-24)17-29;1-11-7-14(22-3)8-12(2)16(11)24(20,21)17-6-4-5-13(17)9-23-10-15(18)19;13-9-11-2-1-3-12(8-11)10-15-6-4-14-5-7-15;/h4,6-7,14-16,25H,5,8-13,18-20H2,1-3H3;7-8,13H,4-6,9-10H2,1-3H3,(H,18,19);1-3,8,14H,4-7,10H2;1H. The van der Waals surface area contributed by atoms with Gasteiger partial charge in [0, 0.05) is 90.6 Å². The van der Waals surface area contributed by atoms with Gasteiger partial charge in [-0.05, 0) is 135 Å². The van der Waals surface area contributed by atoms with Crippen LogP contribution in [0.3, 0.4) is 0 Å². The molecule has 2 unspecified atom stereocenters. The van der Waals surface area contributed by atoms with Crippen LogP contribution in [-0.2, 0) is 52.2 Å². The Morgan fingerprint density at radius 2 is 1.03 bits per heavy atom. The van der Waals surface area contributed by atoms with Crippen LogP contribution in [0.15, 0.2) is 82.6 Å². The van der Waals surface area contributed by atoms with Crippen molar-refractivity contribution >= 4 is 44.3 Å². The molecule has 0 aromatic heterocycles. The number of piperazine rings is 2. The fourth-order valence-corrected chi connectivity index (χ4v) is 14.6. The first-order valence-electron chi connectivity index (χ1n) is 26.0. The second-order valence-corrected chi connectivity index (χ2v) is 23.4. The Bertz CT molecular complexity index is 2930. The van der Waals surface area contributed by atoms with Crippen LogP contribution in [-0.4, -0.2) is 175 Å². The quantitative estimate of drug-likeness (QED) is 0.123. The maximum Gasteiger partial charge on any atom is 0.329 e. The Morgan fingerprint density at radius 1 is 0.615 bits per heavy atom. The minimum absolute atomic E-state index is 0. The number of aliphatic carboxylic acids is 1. The number of rotatable bonds is 18. The maximum atomic E-state index is 13.6. The second kappa shape index (κ2) is 30.1. The number of aryl methyl sites for hydroxylation is 4. The molecular formula is C56H75ClN8O11S2. The number of carboxylic acid groups (broad SMARTS) is 1. The summed E-state index contributed by atoms with van der Waals surface area (Å²) in [5.74, 6) is 0.106. The van der Waals surface area contributed by atoms with Crippen molar-refractivity contribution in [2.45, 2.75) is 88.3 Å². The lowest BCUT2D eigenvalue weighted by atomic mass is 10.1. The monoisotopic (exact) mass is 1130 g/mol. The largest absolute Gasteiger partial charge is 0.497 e. The van der Waals surface area contributed by atoms with E-state index in [4.69, 9.17) is 34.6 Å². The summed E-state index contributed by atoms with van der Waals surface area (Å²) in [6.45, 7) is 16.4. The van der Waals surface area contributed by atoms with Crippen LogP contribution in [0.1, 0.15) is 70.2 Å². The van der Waals surface area contributed by atoms with E-state index in [1.807, 2.05) is 36.4 Å². The number of nitrogens with one attached hydrogen (secondary N) is 1. The van der Waals surface area contributed by atoms with Crippen molar-refractivity contribution in [2.24, 2.45) is 0 Å². The summed E-state index contributed by atoms with van der Waals surface area (Å²) in [5, 5.41) is 29.9. The molecule has 8 rings (SSSR count). The number of nitrogens with zero attached hydrogens (tertiary/aromatic N) is 7. The summed E-state index contributed by atoms with van der Waals surface area (Å²) in [6.07, 6.45) is 2.85. The van der Waals surface area contributed by atoms with E-state index in [1.165, 1.54) is 14.2 Å². The lowest BCUT2D eigenvalue weighted by molar-refractivity contribution is -0.142. The van der Waals surface area contributed by atoms with Crippen molar-refractivity contribution in [1.29, 1.82) is 10.5 Å². The molecule has 424 valence electrons. The molecule has 0 bridgehead atoms. The molecule has 2 N–H and O–H groups in total. The number of benzene rings is 4. The smallest absolute Gasteiger partial charge is 0.329 e. The summed E-state index contributed by atoms with van der Waals surface area (Å²) in [5.41, 5.74) is 6.28. The summed E-state index contributed by atoms with van der Waals surface area (Å²) in [7, 11) is -4.27. The normalized spacial score (nSPS) is 18.3. The van der Waals surface area contributed by atoms with E-state index in [1.54, 1.807) is 77.1 Å². The molecule has 4 aromatic rings. The number of carboxylic acids is 1. The van der Waals surface area contributed by atoms with Crippen LogP contribution < -0.4 is 14.8 Å². The summed E-state index contributed by atoms with van der Waals surface area (Å²) in [4.78, 5) is 30.4. The first-order valence-corrected chi connectivity index (χ1v) is 28.9. The van der Waals surface area contributed by atoms with E-state index in [0.29, 0.717) is 83.2 Å². The Morgan fingerprint density at radius 3 is 1.42 bits per heavy atom. The van der Waals surface area contributed by atoms with Gasteiger partial charge in [-0.15, -0.1) is 12.4 Å². The highest BCUT2D eigenvalue weighted by Crippen LogP contribution is 2.34. The van der Waals surface area contributed by atoms with Crippen molar-refractivity contribution in [2.75, 3.05) is 106 Å². The van der Waals surface area contributed by atoms with Gasteiger partial charge >= 0.3 is 5.97 Å². The SMILES string of the molecule is COc1cc(C)c(S(=O)(=O)N2CCCC2COCC(=O)N2CCN(Cc3cccc(C#N)c3)CC2)c(C)c1.COc1cc(C)c(S(=O)(=O)N2CCCC2COCC(=O)O)c(C)c1.Cl.N#Cc1cccc(CN2CCNCC2)c1. The number of ether oxygens (including phenoxy) is 4. The van der Waals surface area contributed by atoms with E-state index in [-0.39, 0.29) is 55.1 Å². The third-order valence-electron chi connectivity index (χ3n) is 14.0. The predicted octanol–water partition coefficient (Wildman–Crippen LogP) is 5.65. The first kappa shape index (κ1) is 63.1. The highest BCUT2D eigenvalue weighted by atomic mass is 35.5. The molecule has 2 atom stereocenters. The topological polar surface area (TPSA) is 235 Å². The average molecular weight is 1140 g/mol. The highest BCUT2D eigenvalue weighted by Gasteiger charge is 2.39. The van der Waals surface area contributed by atoms with Gasteiger partial charge in [-0.25, -0.2) is 21.6 Å². The predicted molar refractivity (Wildman–Crippen MR) is 298 cm³/mol. The van der Waals surface area contributed by atoms with E-state index in [0.717, 1.165) is 76.3 Å². The third kappa shape index (κ3) is 17.2. The van der Waals surface area contributed by atoms with Crippen molar-refractivity contribution < 1.29 is 50.5 Å². The van der Waals surface area contributed by atoms with Crippen LogP contribution in [0.2, 0.25) is 0 Å². The average Bonchev–Trinajstić information content (AvgIpc) is 4.12. The molecular weight excluding hydrogens is 1060 g/mol. The number of hydrogen-bond donors (Lipinski definition) is 2. The molecule has 22 heteroatoms. The molecule has 19 nitrogen and oxygen atoms in total. The van der Waals surface area contributed by atoms with Crippen molar-refractivity contribution in [3.63, 3.8) is 0 Å². The molecule has 4 aliphatic heterocycles. The third-order valence-corrected chi connectivity index (χ3v) is 18.6. The molecule has 4 aromatic carbocycles. The van der Waals surface area contributed by atoms with Gasteiger partial charge in [-0.2, -0.15) is 19.1 Å². The number of sulfonamides is 2. The van der Waals surface area contributed by atoms with Crippen LogP contribution in [0.4, 0.5) is 0 Å². The summed E-state index contributed by atoms with van der Waals surface area (Å²) >= 11 is 0. The fourth-order valence-electron chi connectivity index (χ4n) is 10.4. The van der Waals surface area contributed by atoms with E-state index in [9.17, 15) is 26.4 Å². The number of methoxy groups -OCH3 is 2. The van der Waals surface area contributed by atoms with Gasteiger partial charge < -0.3 is 34.3 Å². The van der Waals surface area contributed by atoms with Gasteiger partial charge in [0.1, 0.15) is 24.7 Å². The molecule has 4 saturated heterocycles. The van der Waals surface area contributed by atoms with E-state index in [2.05, 4.69) is 33.3 Å². The molecule has 0 saturated carbocycles. The molecule has 4 aliphatic rings. The van der Waals surface area contributed by atoms with Gasteiger partial charge in [-0.3, -0.25) is 14.6 Å². The van der Waals surface area contributed by atoms with Gasteiger partial charge in [0.25, 0.3) is 0 Å². The Balaban J connectivity index is 0.000000238. The van der Waals surface area contributed by atoms with Crippen molar-refractivity contribution in [3.8, 4) is 23.6 Å². The number of hydrogen-bond acceptors (Lipinski definition) is 15. The number of halogens is 1. The van der Waals surface area contributed by atoms with Crippen molar-refractivity contribution in [1.82, 2.24) is 28.6 Å². The Kier molecular flexibility index (Phi) is 24.3. The fraction of sp³-hybridized carbons (Fsp3) is 0.500. The van der Waals surface area contributed by atoms with Crippen LogP contribution in [0.25, 0.3) is 0 Å². The first-order chi connectivity index (χ1) is 36.9. The summed E-state index contributed by atoms with van der Waals surface area (Å²) < 4.78 is 77.6. The van der Waals surface area contributed by atoms with E-state index >= 15 is 0 Å². The van der Waals surface area contributed by atoms with Gasteiger partial charge in [-0.1, -0.05) is 24.3 Å². The number of amides is 1. The molecule has 0 aliphatic carbocycles. The number of carbonyl (C=O) groups is 2. The van der Waals surface area contributed by atoms with Gasteiger partial charge in [0.05, 0.1) is 60.5 Å². The zero-order valence-corrected chi connectivity index (χ0v) is 48.1. The molecule has 4 heterocycles. The second-order valence-electron chi connectivity index (χ2n) is 19.7. The molecule has 1 amide bonds. The van der Waals surface area contributed by atoms with Gasteiger partial charge in [0.2, 0.25) is 26.0 Å². The lowest BCUT2D eigenvalue weighted by Crippen LogP contribution is -2.49. The number of carbonyl (C=O) groups excluding carboxylic acids is 1. The molecule has 0 radical (unpaired) electrons. The molecule has 78 heavy (non-hydrogen) atoms. The number of nitriles is 2. The highest BCUT2D eigenvalue weighted by molar-refractivity contribution is 7.89. The summed E-state index contributed by atoms with van der Waals surface area (Å²) in [6, 6.07) is 26.0. The Labute approximate surface area is 467 Å². The molecule has 0 spiro atoms. The lowest BCUT2D eigenvalue weighted by Gasteiger charge is -2.35. The molecule has 4 fully saturated rings. The maximum absolute atomic E-state index is 13.6. The minimum atomic E-state index is -3.70.